The number of esters is 2. The third kappa shape index (κ3) is 10.0. The van der Waals surface area contributed by atoms with Gasteiger partial charge in [0.15, 0.2) is 0 Å². The number of epoxide rings is 1. The molecule has 2 aliphatic heterocycles. The number of nitrogens with two attached hydrogens (primary N) is 1. The average Bonchev–Trinajstić information content (AvgIpc) is 3.68. The Morgan fingerprint density at radius 3 is 2.54 bits per heavy atom. The van der Waals surface area contributed by atoms with Crippen LogP contribution in [0.4, 0.5) is 0 Å². The van der Waals surface area contributed by atoms with E-state index in [1.807, 2.05) is 20.8 Å². The summed E-state index contributed by atoms with van der Waals surface area (Å²) in [6.45, 7) is 14.4. The number of methoxy groups -OCH3 is 1. The van der Waals surface area contributed by atoms with E-state index >= 15 is 0 Å². The summed E-state index contributed by atoms with van der Waals surface area (Å²) in [5, 5.41) is 22.2. The average molecular weight is 580 g/mol. The third-order valence-corrected chi connectivity index (χ3v) is 8.53. The van der Waals surface area contributed by atoms with Crippen molar-refractivity contribution in [2.75, 3.05) is 7.11 Å². The summed E-state index contributed by atoms with van der Waals surface area (Å²) in [6, 6.07) is -0.636. The molecule has 2 heterocycles. The number of hydrogen-bond donors (Lipinski definition) is 3. The SMILES string of the molecule is CC[C@H](OC)[C@@H](C)[C@H]1O[C@@H]1C(N)C(C)(O)C=CC=C(C)C1OC(=O)C[C@H](C)CC[C@@](C)(O)[C@@H](OC(C)=O)C=C[C@@H]1C. The predicted octanol–water partition coefficient (Wildman–Crippen LogP) is 4.00. The molecule has 4 N–H and O–H groups in total. The summed E-state index contributed by atoms with van der Waals surface area (Å²) in [5.74, 6) is -0.967. The van der Waals surface area contributed by atoms with Crippen LogP contribution in [0.2, 0.25) is 0 Å². The largest absolute Gasteiger partial charge is 0.457 e. The molecule has 9 nitrogen and oxygen atoms in total. The van der Waals surface area contributed by atoms with Gasteiger partial charge >= 0.3 is 11.9 Å². The summed E-state index contributed by atoms with van der Waals surface area (Å²) in [7, 11) is 1.69. The van der Waals surface area contributed by atoms with Crippen LogP contribution in [-0.4, -0.2) is 77.0 Å². The molecule has 0 aliphatic carbocycles. The molecule has 0 saturated carbocycles. The molecule has 0 spiro atoms. The van der Waals surface area contributed by atoms with Crippen molar-refractivity contribution >= 4 is 11.9 Å². The number of allylic oxidation sites excluding steroid dienone is 2. The lowest BCUT2D eigenvalue weighted by atomic mass is 9.86. The van der Waals surface area contributed by atoms with Crippen molar-refractivity contribution in [2.45, 2.75) is 129 Å². The van der Waals surface area contributed by atoms with E-state index in [-0.39, 0.29) is 48.5 Å². The molecule has 0 aromatic heterocycles. The van der Waals surface area contributed by atoms with E-state index < -0.39 is 35.4 Å². The first kappa shape index (κ1) is 35.2. The van der Waals surface area contributed by atoms with Gasteiger partial charge in [-0.3, -0.25) is 9.59 Å². The number of carbonyl (C=O) groups is 2. The van der Waals surface area contributed by atoms with Crippen molar-refractivity contribution in [2.24, 2.45) is 23.5 Å². The Bertz CT molecular complexity index is 967. The highest BCUT2D eigenvalue weighted by molar-refractivity contribution is 5.70. The van der Waals surface area contributed by atoms with E-state index in [4.69, 9.17) is 24.7 Å². The number of carbonyl (C=O) groups excluding carboxylic acids is 2. The summed E-state index contributed by atoms with van der Waals surface area (Å²) in [4.78, 5) is 24.6. The van der Waals surface area contributed by atoms with Crippen LogP contribution >= 0.6 is 0 Å². The van der Waals surface area contributed by atoms with Gasteiger partial charge in [0, 0.05) is 32.3 Å². The number of hydrogen-bond acceptors (Lipinski definition) is 9. The first-order valence-electron chi connectivity index (χ1n) is 14.8. The molecule has 2 rings (SSSR count). The number of cyclic esters (lactones) is 1. The predicted molar refractivity (Wildman–Crippen MR) is 158 cm³/mol. The number of ether oxygens (including phenoxy) is 4. The summed E-state index contributed by atoms with van der Waals surface area (Å²) >= 11 is 0. The first-order chi connectivity index (χ1) is 19.0. The minimum Gasteiger partial charge on any atom is -0.457 e. The molecule has 3 unspecified atom stereocenters. The lowest BCUT2D eigenvalue weighted by molar-refractivity contribution is -0.156. The molecule has 234 valence electrons. The standard InChI is InChI=1S/C32H53NO8/c1-10-24(38-9)22(5)28-29(41-28)30(33)32(8,37)16-11-12-20(3)27-21(4)13-14-25(39-23(6)34)31(7,36)17-15-19(2)18-26(35)40-27/h11-14,16,19,21-22,24-25,27-30,36-37H,10,15,17-18,33H2,1-9H3/t19-,21+,22-,24+,25+,27?,28-,29+,30?,31-,32?/m1/s1. The maximum absolute atomic E-state index is 12.8. The maximum atomic E-state index is 12.8. The Hall–Kier alpha value is -2.04. The van der Waals surface area contributed by atoms with Crippen LogP contribution in [0.3, 0.4) is 0 Å². The highest BCUT2D eigenvalue weighted by Crippen LogP contribution is 2.38. The quantitative estimate of drug-likeness (QED) is 0.152. The molecule has 0 amide bonds. The van der Waals surface area contributed by atoms with Crippen LogP contribution in [-0.2, 0) is 28.5 Å². The van der Waals surface area contributed by atoms with Gasteiger partial charge in [0.2, 0.25) is 0 Å². The van der Waals surface area contributed by atoms with Crippen molar-refractivity contribution in [3.63, 3.8) is 0 Å². The highest BCUT2D eigenvalue weighted by atomic mass is 16.6. The van der Waals surface area contributed by atoms with Crippen molar-refractivity contribution in [3.05, 3.63) is 36.0 Å². The number of aliphatic hydroxyl groups is 2. The van der Waals surface area contributed by atoms with Crippen molar-refractivity contribution in [3.8, 4) is 0 Å². The van der Waals surface area contributed by atoms with Crippen molar-refractivity contribution < 1.29 is 38.7 Å². The molecule has 1 fully saturated rings. The number of rotatable bonds is 10. The maximum Gasteiger partial charge on any atom is 0.306 e. The summed E-state index contributed by atoms with van der Waals surface area (Å²) < 4.78 is 22.8. The zero-order valence-corrected chi connectivity index (χ0v) is 26.3. The molecular formula is C32H53NO8. The fourth-order valence-corrected chi connectivity index (χ4v) is 5.55. The van der Waals surface area contributed by atoms with Crippen LogP contribution in [0.15, 0.2) is 36.0 Å². The Balaban J connectivity index is 2.22. The van der Waals surface area contributed by atoms with Gasteiger partial charge in [0.05, 0.1) is 23.9 Å². The third-order valence-electron chi connectivity index (χ3n) is 8.53. The molecule has 0 bridgehead atoms. The van der Waals surface area contributed by atoms with Gasteiger partial charge < -0.3 is 34.9 Å². The van der Waals surface area contributed by atoms with Crippen LogP contribution in [0, 0.1) is 17.8 Å². The minimum absolute atomic E-state index is 0.0280. The zero-order valence-electron chi connectivity index (χ0n) is 26.3. The topological polar surface area (TPSA) is 141 Å². The fraction of sp³-hybridized carbons (Fsp3) is 0.750. The van der Waals surface area contributed by atoms with E-state index in [1.54, 1.807) is 51.3 Å². The van der Waals surface area contributed by atoms with E-state index in [1.165, 1.54) is 6.92 Å². The van der Waals surface area contributed by atoms with Gasteiger partial charge in [-0.1, -0.05) is 52.0 Å². The van der Waals surface area contributed by atoms with Gasteiger partial charge in [-0.2, -0.15) is 0 Å². The molecule has 2 aliphatic rings. The fourth-order valence-electron chi connectivity index (χ4n) is 5.55. The Morgan fingerprint density at radius 1 is 1.29 bits per heavy atom. The van der Waals surface area contributed by atoms with Crippen molar-refractivity contribution in [1.29, 1.82) is 0 Å². The molecule has 0 radical (unpaired) electrons. The van der Waals surface area contributed by atoms with Crippen LogP contribution in [0.25, 0.3) is 0 Å². The second kappa shape index (κ2) is 14.9. The van der Waals surface area contributed by atoms with Gasteiger partial charge in [0.1, 0.15) is 23.9 Å². The van der Waals surface area contributed by atoms with Crippen LogP contribution in [0.5, 0.6) is 0 Å². The van der Waals surface area contributed by atoms with Gasteiger partial charge in [0.25, 0.3) is 0 Å². The Kier molecular flexibility index (Phi) is 12.8. The van der Waals surface area contributed by atoms with E-state index in [0.717, 1.165) is 12.0 Å². The Morgan fingerprint density at radius 2 is 1.95 bits per heavy atom. The van der Waals surface area contributed by atoms with Gasteiger partial charge in [-0.05, 0) is 57.6 Å². The van der Waals surface area contributed by atoms with E-state index in [2.05, 4.69) is 13.8 Å². The first-order valence-corrected chi connectivity index (χ1v) is 14.8. The lowest BCUT2D eigenvalue weighted by Gasteiger charge is -2.32. The van der Waals surface area contributed by atoms with Crippen LogP contribution in [0.1, 0.15) is 81.1 Å². The van der Waals surface area contributed by atoms with Gasteiger partial charge in [-0.25, -0.2) is 0 Å². The molecule has 1 saturated heterocycles. The molecule has 9 heteroatoms. The molecule has 11 atom stereocenters. The minimum atomic E-state index is -1.34. The lowest BCUT2D eigenvalue weighted by Crippen LogP contribution is -2.49. The smallest absolute Gasteiger partial charge is 0.306 e. The molecule has 41 heavy (non-hydrogen) atoms. The van der Waals surface area contributed by atoms with Crippen molar-refractivity contribution in [1.82, 2.24) is 0 Å². The summed E-state index contributed by atoms with van der Waals surface area (Å²) in [6.07, 6.45) is 8.89. The highest BCUT2D eigenvalue weighted by Gasteiger charge is 2.52. The second-order valence-corrected chi connectivity index (χ2v) is 12.5. The Labute approximate surface area is 246 Å². The van der Waals surface area contributed by atoms with E-state index in [9.17, 15) is 19.8 Å². The second-order valence-electron chi connectivity index (χ2n) is 12.5. The van der Waals surface area contributed by atoms with Crippen LogP contribution < -0.4 is 5.73 Å². The summed E-state index contributed by atoms with van der Waals surface area (Å²) in [5.41, 5.74) is 4.57. The van der Waals surface area contributed by atoms with Gasteiger partial charge in [-0.15, -0.1) is 0 Å². The normalized spacial score (nSPS) is 35.4. The molecule has 0 aromatic carbocycles. The van der Waals surface area contributed by atoms with E-state index in [0.29, 0.717) is 12.8 Å². The molecular weight excluding hydrogens is 526 g/mol. The zero-order chi connectivity index (χ0) is 31.1. The molecule has 0 aromatic rings. The monoisotopic (exact) mass is 579 g/mol.